The van der Waals surface area contributed by atoms with Gasteiger partial charge in [0.05, 0.1) is 0 Å². The van der Waals surface area contributed by atoms with Crippen molar-refractivity contribution in [1.82, 2.24) is 0 Å². The molecule has 2 atom stereocenters. The van der Waals surface area contributed by atoms with E-state index in [1.54, 1.807) is 0 Å². The molecule has 2 aliphatic rings. The first-order chi connectivity index (χ1) is 5.90. The van der Waals surface area contributed by atoms with Gasteiger partial charge in [-0.2, -0.15) is 0 Å². The minimum absolute atomic E-state index is 0.206. The van der Waals surface area contributed by atoms with Crippen molar-refractivity contribution in [3.63, 3.8) is 0 Å². The summed E-state index contributed by atoms with van der Waals surface area (Å²) < 4.78 is 4.99. The van der Waals surface area contributed by atoms with Gasteiger partial charge in [-0.05, 0) is 37.5 Å². The van der Waals surface area contributed by atoms with E-state index in [9.17, 15) is 4.79 Å². The Morgan fingerprint density at radius 1 is 1.17 bits per heavy atom. The topological polar surface area (TPSA) is 26.3 Å². The van der Waals surface area contributed by atoms with Crippen LogP contribution < -0.4 is 0 Å². The lowest BCUT2D eigenvalue weighted by molar-refractivity contribution is -0.133. The van der Waals surface area contributed by atoms with Crippen molar-refractivity contribution in [2.75, 3.05) is 0 Å². The summed E-state index contributed by atoms with van der Waals surface area (Å²) in [5.74, 6) is 1.56. The molecule has 1 fully saturated rings. The molecule has 0 aromatic rings. The predicted molar refractivity (Wildman–Crippen MR) is 45.5 cm³/mol. The van der Waals surface area contributed by atoms with Gasteiger partial charge in [0.1, 0.15) is 6.10 Å². The third-order valence-corrected chi connectivity index (χ3v) is 3.09. The first-order valence-corrected chi connectivity index (χ1v) is 4.64. The molecule has 0 bridgehead atoms. The summed E-state index contributed by atoms with van der Waals surface area (Å²) in [5.41, 5.74) is 0. The van der Waals surface area contributed by atoms with E-state index in [4.69, 9.17) is 4.74 Å². The number of ether oxygens (including phenoxy) is 1. The van der Waals surface area contributed by atoms with E-state index in [0.717, 1.165) is 24.7 Å². The van der Waals surface area contributed by atoms with Crippen LogP contribution in [0.1, 0.15) is 25.7 Å². The summed E-state index contributed by atoms with van der Waals surface area (Å²) in [6, 6.07) is 0. The SMILES string of the molecule is O=COC1CC2CC=CCC2C1. The Bertz CT molecular complexity index is 182. The van der Waals surface area contributed by atoms with Gasteiger partial charge in [-0.1, -0.05) is 12.2 Å². The van der Waals surface area contributed by atoms with Crippen LogP contribution in [0.25, 0.3) is 0 Å². The Labute approximate surface area is 72.6 Å². The van der Waals surface area contributed by atoms with Crippen LogP contribution in [0.5, 0.6) is 0 Å². The highest BCUT2D eigenvalue weighted by Crippen LogP contribution is 2.40. The molecule has 12 heavy (non-hydrogen) atoms. The van der Waals surface area contributed by atoms with Crippen LogP contribution in [0.3, 0.4) is 0 Å². The van der Waals surface area contributed by atoms with Gasteiger partial charge in [0.2, 0.25) is 0 Å². The molecule has 0 aliphatic heterocycles. The molecular weight excluding hydrogens is 152 g/mol. The molecule has 66 valence electrons. The molecule has 2 nitrogen and oxygen atoms in total. The Morgan fingerprint density at radius 2 is 1.75 bits per heavy atom. The second-order valence-corrected chi connectivity index (χ2v) is 3.79. The zero-order chi connectivity index (χ0) is 8.39. The number of allylic oxidation sites excluding steroid dienone is 2. The van der Waals surface area contributed by atoms with E-state index in [1.807, 2.05) is 0 Å². The Hall–Kier alpha value is -0.790. The maximum absolute atomic E-state index is 10.1. The molecule has 0 spiro atoms. The van der Waals surface area contributed by atoms with Crippen molar-refractivity contribution >= 4 is 6.47 Å². The van der Waals surface area contributed by atoms with Crippen molar-refractivity contribution in [1.29, 1.82) is 0 Å². The van der Waals surface area contributed by atoms with Crippen LogP contribution in [-0.2, 0) is 9.53 Å². The van der Waals surface area contributed by atoms with Crippen molar-refractivity contribution in [3.8, 4) is 0 Å². The first-order valence-electron chi connectivity index (χ1n) is 4.64. The van der Waals surface area contributed by atoms with Crippen LogP contribution in [0.15, 0.2) is 12.2 Å². The third-order valence-electron chi connectivity index (χ3n) is 3.09. The monoisotopic (exact) mass is 166 g/mol. The lowest BCUT2D eigenvalue weighted by atomic mass is 9.86. The van der Waals surface area contributed by atoms with Crippen molar-refractivity contribution in [2.24, 2.45) is 11.8 Å². The zero-order valence-electron chi connectivity index (χ0n) is 7.11. The quantitative estimate of drug-likeness (QED) is 0.462. The van der Waals surface area contributed by atoms with Crippen LogP contribution >= 0.6 is 0 Å². The number of fused-ring (bicyclic) bond motifs is 1. The van der Waals surface area contributed by atoms with Gasteiger partial charge in [0, 0.05) is 0 Å². The maximum atomic E-state index is 10.1. The molecule has 0 radical (unpaired) electrons. The molecule has 0 aromatic heterocycles. The molecule has 1 saturated carbocycles. The minimum atomic E-state index is 0.206. The standard InChI is InChI=1S/C10H14O2/c11-7-12-10-5-8-3-1-2-4-9(8)6-10/h1-2,7-10H,3-6H2. The molecular formula is C10H14O2. The van der Waals surface area contributed by atoms with Crippen molar-refractivity contribution in [2.45, 2.75) is 31.8 Å². The highest BCUT2D eigenvalue weighted by Gasteiger charge is 2.34. The fourth-order valence-corrected chi connectivity index (χ4v) is 2.47. The average Bonchev–Trinajstić information content (AvgIpc) is 2.47. The van der Waals surface area contributed by atoms with E-state index in [0.29, 0.717) is 6.47 Å². The van der Waals surface area contributed by atoms with Crippen LogP contribution in [0, 0.1) is 11.8 Å². The summed E-state index contributed by atoms with van der Waals surface area (Å²) in [6.45, 7) is 0.593. The summed E-state index contributed by atoms with van der Waals surface area (Å²) in [4.78, 5) is 10.1. The summed E-state index contributed by atoms with van der Waals surface area (Å²) in [7, 11) is 0. The molecule has 0 heterocycles. The van der Waals surface area contributed by atoms with Gasteiger partial charge in [0.15, 0.2) is 0 Å². The maximum Gasteiger partial charge on any atom is 0.293 e. The van der Waals surface area contributed by atoms with Gasteiger partial charge in [-0.25, -0.2) is 0 Å². The molecule has 2 heteroatoms. The van der Waals surface area contributed by atoms with Gasteiger partial charge in [-0.15, -0.1) is 0 Å². The molecule has 0 amide bonds. The smallest absolute Gasteiger partial charge is 0.293 e. The Morgan fingerprint density at radius 3 is 2.25 bits per heavy atom. The lowest BCUT2D eigenvalue weighted by Crippen LogP contribution is -2.08. The normalized spacial score (nSPS) is 39.2. The van der Waals surface area contributed by atoms with Crippen LogP contribution in [0.2, 0.25) is 0 Å². The Balaban J connectivity index is 1.93. The second kappa shape index (κ2) is 3.30. The summed E-state index contributed by atoms with van der Waals surface area (Å²) in [6.07, 6.45) is 9.24. The first kappa shape index (κ1) is 7.84. The highest BCUT2D eigenvalue weighted by atomic mass is 16.5. The molecule has 2 unspecified atom stereocenters. The van der Waals surface area contributed by atoms with Crippen molar-refractivity contribution in [3.05, 3.63) is 12.2 Å². The Kier molecular flexibility index (Phi) is 2.15. The predicted octanol–water partition coefficient (Wildman–Crippen LogP) is 1.90. The molecule has 0 aromatic carbocycles. The van der Waals surface area contributed by atoms with Gasteiger partial charge >= 0.3 is 0 Å². The third kappa shape index (κ3) is 1.38. The number of hydrogen-bond acceptors (Lipinski definition) is 2. The fraction of sp³-hybridized carbons (Fsp3) is 0.700. The van der Waals surface area contributed by atoms with E-state index in [1.165, 1.54) is 12.8 Å². The summed E-state index contributed by atoms with van der Waals surface area (Å²) >= 11 is 0. The molecule has 0 saturated heterocycles. The average molecular weight is 166 g/mol. The molecule has 0 N–H and O–H groups in total. The molecule has 2 aliphatic carbocycles. The summed E-state index contributed by atoms with van der Waals surface area (Å²) in [5, 5.41) is 0. The number of carbonyl (C=O) groups is 1. The van der Waals surface area contributed by atoms with Crippen molar-refractivity contribution < 1.29 is 9.53 Å². The van der Waals surface area contributed by atoms with E-state index >= 15 is 0 Å². The number of carbonyl (C=O) groups excluding carboxylic acids is 1. The zero-order valence-corrected chi connectivity index (χ0v) is 7.11. The van der Waals surface area contributed by atoms with E-state index in [2.05, 4.69) is 12.2 Å². The number of hydrogen-bond donors (Lipinski definition) is 0. The van der Waals surface area contributed by atoms with Gasteiger partial charge in [-0.3, -0.25) is 4.79 Å². The van der Waals surface area contributed by atoms with E-state index in [-0.39, 0.29) is 6.10 Å². The molecule has 2 rings (SSSR count). The number of rotatable bonds is 2. The van der Waals surface area contributed by atoms with Gasteiger partial charge < -0.3 is 4.74 Å². The minimum Gasteiger partial charge on any atom is -0.465 e. The lowest BCUT2D eigenvalue weighted by Gasteiger charge is -2.19. The fourth-order valence-electron chi connectivity index (χ4n) is 2.47. The largest absolute Gasteiger partial charge is 0.465 e. The van der Waals surface area contributed by atoms with Crippen LogP contribution in [0.4, 0.5) is 0 Å². The van der Waals surface area contributed by atoms with Gasteiger partial charge in [0.25, 0.3) is 6.47 Å². The van der Waals surface area contributed by atoms with E-state index < -0.39 is 0 Å². The van der Waals surface area contributed by atoms with Crippen LogP contribution in [-0.4, -0.2) is 12.6 Å². The highest BCUT2D eigenvalue weighted by molar-refractivity contribution is 5.37. The second-order valence-electron chi connectivity index (χ2n) is 3.79.